The number of carbonyl (C=O) groups is 1. The molecule has 3 N–H and O–H groups in total. The molecule has 0 unspecified atom stereocenters. The van der Waals surface area contributed by atoms with Gasteiger partial charge < -0.3 is 11.1 Å². The number of rotatable bonds is 3. The maximum Gasteiger partial charge on any atom is 0.261 e. The highest BCUT2D eigenvalue weighted by Crippen LogP contribution is 2.25. The van der Waals surface area contributed by atoms with E-state index in [4.69, 9.17) is 5.73 Å². The predicted molar refractivity (Wildman–Crippen MR) is 79.3 cm³/mol. The first-order valence-corrected chi connectivity index (χ1v) is 6.55. The molecule has 2 rings (SSSR count). The molecule has 0 bridgehead atoms. The van der Waals surface area contributed by atoms with Crippen molar-refractivity contribution < 1.29 is 13.6 Å². The molecule has 110 valence electrons. The van der Waals surface area contributed by atoms with Crippen LogP contribution in [0.4, 0.5) is 20.2 Å². The molecule has 0 atom stereocenters. The van der Waals surface area contributed by atoms with Crippen molar-refractivity contribution in [3.63, 3.8) is 0 Å². The third-order valence-corrected chi connectivity index (χ3v) is 3.18. The summed E-state index contributed by atoms with van der Waals surface area (Å²) >= 11 is 0. The number of para-hydroxylation sites is 1. The van der Waals surface area contributed by atoms with Gasteiger partial charge in [0.2, 0.25) is 0 Å². The Kier molecular flexibility index (Phi) is 4.21. The van der Waals surface area contributed by atoms with E-state index in [1.807, 2.05) is 26.0 Å². The summed E-state index contributed by atoms with van der Waals surface area (Å²) < 4.78 is 27.5. The summed E-state index contributed by atoms with van der Waals surface area (Å²) in [7, 11) is 0. The molecular formula is C16H16F2N2O. The van der Waals surface area contributed by atoms with Gasteiger partial charge in [0, 0.05) is 5.69 Å². The maximum absolute atomic E-state index is 13.8. The van der Waals surface area contributed by atoms with Gasteiger partial charge in [-0.3, -0.25) is 4.79 Å². The van der Waals surface area contributed by atoms with Gasteiger partial charge >= 0.3 is 0 Å². The lowest BCUT2D eigenvalue weighted by Gasteiger charge is -2.14. The van der Waals surface area contributed by atoms with Crippen molar-refractivity contribution in [3.8, 4) is 0 Å². The van der Waals surface area contributed by atoms with Crippen LogP contribution >= 0.6 is 0 Å². The van der Waals surface area contributed by atoms with Crippen LogP contribution in [0.5, 0.6) is 0 Å². The lowest BCUT2D eigenvalue weighted by Crippen LogP contribution is -2.18. The van der Waals surface area contributed by atoms with E-state index in [0.29, 0.717) is 5.69 Å². The van der Waals surface area contributed by atoms with Crippen molar-refractivity contribution in [2.45, 2.75) is 19.8 Å². The largest absolute Gasteiger partial charge is 0.396 e. The Morgan fingerprint density at radius 1 is 1.14 bits per heavy atom. The zero-order valence-corrected chi connectivity index (χ0v) is 11.8. The minimum absolute atomic E-state index is 0.164. The number of carbonyl (C=O) groups excluding carboxylic acids is 1. The first-order chi connectivity index (χ1) is 9.91. The lowest BCUT2D eigenvalue weighted by molar-refractivity contribution is 0.101. The van der Waals surface area contributed by atoms with Crippen molar-refractivity contribution in [1.82, 2.24) is 0 Å². The van der Waals surface area contributed by atoms with Crippen LogP contribution in [-0.4, -0.2) is 5.91 Å². The molecule has 3 nitrogen and oxygen atoms in total. The van der Waals surface area contributed by atoms with Crippen LogP contribution in [0, 0.1) is 11.6 Å². The van der Waals surface area contributed by atoms with Gasteiger partial charge in [-0.05, 0) is 29.7 Å². The van der Waals surface area contributed by atoms with Gasteiger partial charge in [0.25, 0.3) is 5.91 Å². The van der Waals surface area contributed by atoms with Gasteiger partial charge in [-0.1, -0.05) is 32.0 Å². The highest BCUT2D eigenvalue weighted by atomic mass is 19.1. The molecule has 2 aromatic rings. The Bertz CT molecular complexity index is 684. The van der Waals surface area contributed by atoms with E-state index in [1.54, 1.807) is 12.1 Å². The van der Waals surface area contributed by atoms with Crippen LogP contribution in [0.3, 0.4) is 0 Å². The molecule has 0 spiro atoms. The highest BCUT2D eigenvalue weighted by Gasteiger charge is 2.20. The number of hydrogen-bond acceptors (Lipinski definition) is 2. The Morgan fingerprint density at radius 3 is 2.48 bits per heavy atom. The summed E-state index contributed by atoms with van der Waals surface area (Å²) in [5.41, 5.74) is 5.85. The van der Waals surface area contributed by atoms with Crippen LogP contribution in [0.1, 0.15) is 35.7 Å². The molecule has 0 aliphatic rings. The molecule has 0 radical (unpaired) electrons. The quantitative estimate of drug-likeness (QED) is 0.842. The van der Waals surface area contributed by atoms with Crippen molar-refractivity contribution in [2.24, 2.45) is 0 Å². The summed E-state index contributed by atoms with van der Waals surface area (Å²) in [5.74, 6) is -2.68. The second-order valence-electron chi connectivity index (χ2n) is 5.02. The molecule has 2 aromatic carbocycles. The topological polar surface area (TPSA) is 55.1 Å². The summed E-state index contributed by atoms with van der Waals surface area (Å²) in [6.07, 6.45) is 0. The minimum Gasteiger partial charge on any atom is -0.396 e. The Hall–Kier alpha value is -2.43. The number of nitrogens with one attached hydrogen (secondary N) is 1. The van der Waals surface area contributed by atoms with Crippen molar-refractivity contribution in [3.05, 3.63) is 59.2 Å². The molecular weight excluding hydrogens is 274 g/mol. The number of hydrogen-bond donors (Lipinski definition) is 2. The SMILES string of the molecule is CC(C)c1ccccc1NC(=O)c1c(F)ccc(N)c1F. The molecule has 5 heteroatoms. The second kappa shape index (κ2) is 5.91. The standard InChI is InChI=1S/C16H16F2N2O/c1-9(2)10-5-3-4-6-13(10)20-16(21)14-11(17)7-8-12(19)15(14)18/h3-9H,19H2,1-2H3,(H,20,21). The molecule has 0 heterocycles. The van der Waals surface area contributed by atoms with E-state index in [2.05, 4.69) is 5.32 Å². The fraction of sp³-hybridized carbons (Fsp3) is 0.188. The zero-order valence-electron chi connectivity index (χ0n) is 11.8. The fourth-order valence-electron chi connectivity index (χ4n) is 2.08. The first-order valence-electron chi connectivity index (χ1n) is 6.55. The van der Waals surface area contributed by atoms with Crippen LogP contribution in [0.25, 0.3) is 0 Å². The van der Waals surface area contributed by atoms with Crippen LogP contribution < -0.4 is 11.1 Å². The van der Waals surface area contributed by atoms with Gasteiger partial charge in [-0.15, -0.1) is 0 Å². The lowest BCUT2D eigenvalue weighted by atomic mass is 10.0. The molecule has 0 aliphatic heterocycles. The number of nitrogens with two attached hydrogens (primary N) is 1. The molecule has 0 saturated carbocycles. The van der Waals surface area contributed by atoms with E-state index in [9.17, 15) is 13.6 Å². The summed E-state index contributed by atoms with van der Waals surface area (Å²) in [6.45, 7) is 3.93. The Balaban J connectivity index is 2.38. The van der Waals surface area contributed by atoms with E-state index in [-0.39, 0.29) is 11.6 Å². The van der Waals surface area contributed by atoms with E-state index in [0.717, 1.165) is 17.7 Å². The molecule has 0 fully saturated rings. The highest BCUT2D eigenvalue weighted by molar-refractivity contribution is 6.05. The number of nitrogen functional groups attached to an aromatic ring is 1. The van der Waals surface area contributed by atoms with Gasteiger partial charge in [0.1, 0.15) is 11.4 Å². The van der Waals surface area contributed by atoms with Crippen molar-refractivity contribution in [2.75, 3.05) is 11.1 Å². The molecule has 0 aliphatic carbocycles. The van der Waals surface area contributed by atoms with Crippen molar-refractivity contribution in [1.29, 1.82) is 0 Å². The van der Waals surface area contributed by atoms with E-state index >= 15 is 0 Å². The number of amides is 1. The Labute approximate surface area is 121 Å². The monoisotopic (exact) mass is 290 g/mol. The third-order valence-electron chi connectivity index (χ3n) is 3.18. The molecule has 0 saturated heterocycles. The number of benzene rings is 2. The van der Waals surface area contributed by atoms with E-state index < -0.39 is 23.1 Å². The Morgan fingerprint density at radius 2 is 1.81 bits per heavy atom. The molecule has 21 heavy (non-hydrogen) atoms. The minimum atomic E-state index is -1.05. The molecule has 1 amide bonds. The van der Waals surface area contributed by atoms with Crippen molar-refractivity contribution >= 4 is 17.3 Å². The first kappa shape index (κ1) is 15.0. The van der Waals surface area contributed by atoms with Crippen LogP contribution in [0.2, 0.25) is 0 Å². The van der Waals surface area contributed by atoms with Gasteiger partial charge in [-0.25, -0.2) is 8.78 Å². The normalized spacial score (nSPS) is 10.7. The number of anilines is 2. The van der Waals surface area contributed by atoms with Crippen LogP contribution in [-0.2, 0) is 0 Å². The van der Waals surface area contributed by atoms with E-state index in [1.165, 1.54) is 0 Å². The summed E-state index contributed by atoms with van der Waals surface area (Å²) in [5, 5.41) is 2.54. The fourth-order valence-corrected chi connectivity index (χ4v) is 2.08. The zero-order chi connectivity index (χ0) is 15.6. The third kappa shape index (κ3) is 3.02. The van der Waals surface area contributed by atoms with Gasteiger partial charge in [0.05, 0.1) is 5.69 Å². The molecule has 0 aromatic heterocycles. The second-order valence-corrected chi connectivity index (χ2v) is 5.02. The summed E-state index contributed by atoms with van der Waals surface area (Å²) in [6, 6.07) is 9.19. The average Bonchev–Trinajstić information content (AvgIpc) is 2.43. The average molecular weight is 290 g/mol. The summed E-state index contributed by atoms with van der Waals surface area (Å²) in [4.78, 5) is 12.1. The van der Waals surface area contributed by atoms with Gasteiger partial charge in [-0.2, -0.15) is 0 Å². The number of halogens is 2. The maximum atomic E-state index is 13.8. The van der Waals surface area contributed by atoms with Crippen LogP contribution in [0.15, 0.2) is 36.4 Å². The van der Waals surface area contributed by atoms with Gasteiger partial charge in [0.15, 0.2) is 5.82 Å². The predicted octanol–water partition coefficient (Wildman–Crippen LogP) is 3.92. The smallest absolute Gasteiger partial charge is 0.261 e.